The Morgan fingerprint density at radius 3 is 2.29 bits per heavy atom. The summed E-state index contributed by atoms with van der Waals surface area (Å²) in [6.07, 6.45) is 1.10. The first-order chi connectivity index (χ1) is 6.16. The van der Waals surface area contributed by atoms with E-state index in [1.807, 2.05) is 12.1 Å². The van der Waals surface area contributed by atoms with Crippen LogP contribution in [0.25, 0.3) is 0 Å². The second kappa shape index (κ2) is 6.41. The molecule has 1 nitrogen and oxygen atoms in total. The van der Waals surface area contributed by atoms with Crippen molar-refractivity contribution in [1.82, 2.24) is 4.90 Å². The summed E-state index contributed by atoms with van der Waals surface area (Å²) in [6, 6.07) is 8.62. The molecule has 0 unspecified atom stereocenters. The average molecular weight is 258 g/mol. The van der Waals surface area contributed by atoms with Crippen LogP contribution < -0.4 is 0 Å². The molecule has 0 bridgehead atoms. The Morgan fingerprint density at radius 2 is 1.86 bits per heavy atom. The Balaban J connectivity index is 0.00000169. The molecule has 0 amide bonds. The van der Waals surface area contributed by atoms with Gasteiger partial charge in [0, 0.05) is 6.04 Å². The molecule has 0 heterocycles. The SMILES string of the molecule is CC[C@H](c1ccccc1[S-])N(C)C.[Cu+]. The van der Waals surface area contributed by atoms with Crippen molar-refractivity contribution in [2.75, 3.05) is 14.1 Å². The van der Waals surface area contributed by atoms with Gasteiger partial charge in [0.2, 0.25) is 0 Å². The van der Waals surface area contributed by atoms with Crippen molar-refractivity contribution in [3.8, 4) is 0 Å². The van der Waals surface area contributed by atoms with Crippen molar-refractivity contribution in [3.05, 3.63) is 29.8 Å². The van der Waals surface area contributed by atoms with Crippen LogP contribution in [0.15, 0.2) is 29.2 Å². The van der Waals surface area contributed by atoms with E-state index in [4.69, 9.17) is 12.6 Å². The van der Waals surface area contributed by atoms with Crippen LogP contribution in [-0.4, -0.2) is 19.0 Å². The molecule has 0 aromatic heterocycles. The summed E-state index contributed by atoms with van der Waals surface area (Å²) < 4.78 is 0. The summed E-state index contributed by atoms with van der Waals surface area (Å²) >= 11 is 5.29. The predicted octanol–water partition coefficient (Wildman–Crippen LogP) is 2.60. The zero-order chi connectivity index (χ0) is 9.84. The molecule has 0 aliphatic carbocycles. The summed E-state index contributed by atoms with van der Waals surface area (Å²) in [5, 5.41) is 0. The fraction of sp³-hybridized carbons (Fsp3) is 0.455. The van der Waals surface area contributed by atoms with Gasteiger partial charge in [-0.1, -0.05) is 31.2 Å². The predicted molar refractivity (Wildman–Crippen MR) is 58.8 cm³/mol. The van der Waals surface area contributed by atoms with Gasteiger partial charge in [-0.2, -0.15) is 4.90 Å². The first kappa shape index (κ1) is 13.9. The molecule has 0 aliphatic heterocycles. The third-order valence-electron chi connectivity index (χ3n) is 2.29. The fourth-order valence-corrected chi connectivity index (χ4v) is 1.90. The first-order valence-electron chi connectivity index (χ1n) is 4.59. The summed E-state index contributed by atoms with van der Waals surface area (Å²) in [6.45, 7) is 2.19. The molecule has 0 saturated heterocycles. The number of benzene rings is 1. The second-order valence-corrected chi connectivity index (χ2v) is 3.87. The van der Waals surface area contributed by atoms with Gasteiger partial charge in [-0.05, 0) is 26.1 Å². The van der Waals surface area contributed by atoms with Crippen molar-refractivity contribution in [2.45, 2.75) is 24.3 Å². The topological polar surface area (TPSA) is 3.24 Å². The van der Waals surface area contributed by atoms with Crippen LogP contribution in [0.2, 0.25) is 0 Å². The Kier molecular flexibility index (Phi) is 6.38. The van der Waals surface area contributed by atoms with Gasteiger partial charge >= 0.3 is 17.1 Å². The number of nitrogens with zero attached hydrogens (tertiary/aromatic N) is 1. The average Bonchev–Trinajstić information content (AvgIpc) is 2.09. The zero-order valence-corrected chi connectivity index (χ0v) is 10.5. The largest absolute Gasteiger partial charge is 1.00 e. The van der Waals surface area contributed by atoms with E-state index in [0.717, 1.165) is 11.3 Å². The van der Waals surface area contributed by atoms with Gasteiger partial charge in [0.05, 0.1) is 0 Å². The molecule has 0 radical (unpaired) electrons. The van der Waals surface area contributed by atoms with E-state index < -0.39 is 0 Å². The van der Waals surface area contributed by atoms with Gasteiger partial charge in [0.15, 0.2) is 0 Å². The second-order valence-electron chi connectivity index (χ2n) is 3.43. The summed E-state index contributed by atoms with van der Waals surface area (Å²) in [5.41, 5.74) is 1.27. The molecule has 1 atom stereocenters. The minimum Gasteiger partial charge on any atom is -0.779 e. The van der Waals surface area contributed by atoms with Gasteiger partial charge in [-0.3, -0.25) is 0 Å². The maximum absolute atomic E-state index is 5.29. The van der Waals surface area contributed by atoms with Crippen LogP contribution in [-0.2, 0) is 29.7 Å². The van der Waals surface area contributed by atoms with Gasteiger partial charge in [0.25, 0.3) is 0 Å². The van der Waals surface area contributed by atoms with E-state index in [1.54, 1.807) is 0 Å². The number of hydrogen-bond acceptors (Lipinski definition) is 2. The van der Waals surface area contributed by atoms with E-state index in [1.165, 1.54) is 5.56 Å². The molecule has 1 rings (SSSR count). The smallest absolute Gasteiger partial charge is 0.779 e. The molecule has 0 aliphatic rings. The maximum atomic E-state index is 5.29. The molecule has 1 aromatic rings. The van der Waals surface area contributed by atoms with Gasteiger partial charge < -0.3 is 17.5 Å². The number of rotatable bonds is 3. The van der Waals surface area contributed by atoms with Crippen LogP contribution in [0, 0.1) is 0 Å². The first-order valence-corrected chi connectivity index (χ1v) is 5.00. The van der Waals surface area contributed by atoms with Crippen molar-refractivity contribution in [2.24, 2.45) is 0 Å². The van der Waals surface area contributed by atoms with Crippen LogP contribution in [0.1, 0.15) is 24.9 Å². The quantitative estimate of drug-likeness (QED) is 0.605. The molecule has 0 N–H and O–H groups in total. The zero-order valence-electron chi connectivity index (χ0n) is 8.75. The van der Waals surface area contributed by atoms with E-state index >= 15 is 0 Å². The molecule has 82 valence electrons. The summed E-state index contributed by atoms with van der Waals surface area (Å²) in [7, 11) is 4.19. The normalized spacial score (nSPS) is 12.3. The Morgan fingerprint density at radius 1 is 1.29 bits per heavy atom. The van der Waals surface area contributed by atoms with E-state index in [0.29, 0.717) is 6.04 Å². The summed E-state index contributed by atoms with van der Waals surface area (Å²) in [4.78, 5) is 3.19. The monoisotopic (exact) mass is 257 g/mol. The molecule has 0 saturated carbocycles. The Bertz CT molecular complexity index is 276. The molecule has 1 aromatic carbocycles. The van der Waals surface area contributed by atoms with E-state index in [2.05, 4.69) is 38.1 Å². The molecular weight excluding hydrogens is 242 g/mol. The minimum atomic E-state index is 0. The van der Waals surface area contributed by atoms with Gasteiger partial charge in [-0.15, -0.1) is 0 Å². The fourth-order valence-electron chi connectivity index (χ4n) is 1.62. The number of hydrogen-bond donors (Lipinski definition) is 0. The van der Waals surface area contributed by atoms with Crippen LogP contribution in [0.4, 0.5) is 0 Å². The third kappa shape index (κ3) is 3.25. The minimum absolute atomic E-state index is 0. The Hall–Kier alpha value is -0.0805. The van der Waals surface area contributed by atoms with Crippen molar-refractivity contribution < 1.29 is 17.1 Å². The van der Waals surface area contributed by atoms with Gasteiger partial charge in [-0.25, -0.2) is 0 Å². The van der Waals surface area contributed by atoms with E-state index in [-0.39, 0.29) is 17.1 Å². The molecule has 3 heteroatoms. The van der Waals surface area contributed by atoms with Gasteiger partial charge in [0.1, 0.15) is 0 Å². The van der Waals surface area contributed by atoms with Crippen LogP contribution >= 0.6 is 0 Å². The molecule has 0 fully saturated rings. The molecule has 0 spiro atoms. The van der Waals surface area contributed by atoms with Crippen LogP contribution in [0.3, 0.4) is 0 Å². The van der Waals surface area contributed by atoms with Crippen molar-refractivity contribution >= 4 is 12.6 Å². The summed E-state index contributed by atoms with van der Waals surface area (Å²) in [5.74, 6) is 0. The standard InChI is InChI=1S/C11H17NS.Cu/c1-4-10(12(2)3)9-7-5-6-8-11(9)13;/h5-8,10,13H,4H2,1-3H3;/q;+1/p-1/t10-;/m1./s1. The third-order valence-corrected chi connectivity index (χ3v) is 2.66. The van der Waals surface area contributed by atoms with Crippen molar-refractivity contribution in [1.29, 1.82) is 0 Å². The molecular formula is C11H16CuNS. The van der Waals surface area contributed by atoms with Crippen LogP contribution in [0.5, 0.6) is 0 Å². The van der Waals surface area contributed by atoms with Crippen molar-refractivity contribution in [3.63, 3.8) is 0 Å². The maximum Gasteiger partial charge on any atom is 1.00 e. The molecule has 14 heavy (non-hydrogen) atoms. The van der Waals surface area contributed by atoms with E-state index in [9.17, 15) is 0 Å². The Labute approximate surface area is 103 Å².